The van der Waals surface area contributed by atoms with E-state index >= 15 is 0 Å². The fraction of sp³-hybridized carbons (Fsp3) is 0.333. The molecule has 1 aliphatic rings. The Labute approximate surface area is 138 Å². The van der Waals surface area contributed by atoms with Crippen molar-refractivity contribution in [2.75, 3.05) is 13.2 Å². The van der Waals surface area contributed by atoms with Crippen molar-refractivity contribution < 1.29 is 9.47 Å². The molecule has 2 aromatic rings. The van der Waals surface area contributed by atoms with E-state index < -0.39 is 0 Å². The Kier molecular flexibility index (Phi) is 5.14. The lowest BCUT2D eigenvalue weighted by Crippen LogP contribution is -2.16. The van der Waals surface area contributed by atoms with E-state index in [1.54, 1.807) is 0 Å². The lowest BCUT2D eigenvalue weighted by atomic mass is 9.76. The molecule has 0 aromatic heterocycles. The summed E-state index contributed by atoms with van der Waals surface area (Å²) in [5.74, 6) is 1.71. The molecule has 0 saturated carbocycles. The molecule has 0 bridgehead atoms. The van der Waals surface area contributed by atoms with Crippen LogP contribution in [0.5, 0.6) is 5.75 Å². The topological polar surface area (TPSA) is 18.5 Å². The third-order valence-electron chi connectivity index (χ3n) is 4.49. The second-order valence-electron chi connectivity index (χ2n) is 6.02. The average molecular weight is 308 g/mol. The number of hydrogen-bond donors (Lipinski definition) is 0. The van der Waals surface area contributed by atoms with E-state index in [2.05, 4.69) is 43.8 Å². The first-order valence-corrected chi connectivity index (χ1v) is 8.35. The molecule has 1 unspecified atom stereocenters. The number of ether oxygens (including phenoxy) is 2. The molecule has 1 aliphatic carbocycles. The van der Waals surface area contributed by atoms with E-state index in [0.717, 1.165) is 17.2 Å². The number of rotatable bonds is 8. The van der Waals surface area contributed by atoms with Crippen LogP contribution in [-0.2, 0) is 17.8 Å². The van der Waals surface area contributed by atoms with Gasteiger partial charge < -0.3 is 9.47 Å². The molecule has 3 rings (SSSR count). The molecule has 0 saturated heterocycles. The average Bonchev–Trinajstić information content (AvgIpc) is 2.57. The first kappa shape index (κ1) is 15.8. The smallest absolute Gasteiger partial charge is 0.119 e. The molecule has 0 spiro atoms. The zero-order valence-corrected chi connectivity index (χ0v) is 13.8. The molecule has 0 radical (unpaired) electrons. The Morgan fingerprint density at radius 1 is 1.13 bits per heavy atom. The van der Waals surface area contributed by atoms with Gasteiger partial charge >= 0.3 is 0 Å². The minimum Gasteiger partial charge on any atom is -0.491 e. The molecule has 2 heteroatoms. The number of benzene rings is 2. The maximum atomic E-state index is 5.78. The number of fused-ring (bicyclic) bond motifs is 1. The summed E-state index contributed by atoms with van der Waals surface area (Å²) in [7, 11) is 0. The van der Waals surface area contributed by atoms with Gasteiger partial charge in [0.1, 0.15) is 12.4 Å². The molecule has 1 atom stereocenters. The number of hydrogen-bond acceptors (Lipinski definition) is 2. The summed E-state index contributed by atoms with van der Waals surface area (Å²) in [6.45, 7) is 7.80. The molecular weight excluding hydrogens is 284 g/mol. The Bertz CT molecular complexity index is 658. The fourth-order valence-electron chi connectivity index (χ4n) is 3.01. The van der Waals surface area contributed by atoms with Crippen LogP contribution in [0.15, 0.2) is 49.0 Å². The summed E-state index contributed by atoms with van der Waals surface area (Å²) in [6, 6.07) is 14.7. The van der Waals surface area contributed by atoms with E-state index in [9.17, 15) is 0 Å². The Morgan fingerprint density at radius 3 is 2.65 bits per heavy atom. The molecule has 2 nitrogen and oxygen atoms in total. The van der Waals surface area contributed by atoms with Gasteiger partial charge in [-0.25, -0.2) is 0 Å². The van der Waals surface area contributed by atoms with Crippen molar-refractivity contribution in [2.45, 2.75) is 32.3 Å². The van der Waals surface area contributed by atoms with E-state index in [4.69, 9.17) is 9.47 Å². The SMILES string of the molecule is C=Cc1ccc(COCCOc2ccc3c(c2)CC3CC)cc1. The second kappa shape index (κ2) is 7.47. The maximum absolute atomic E-state index is 5.78. The molecule has 0 N–H and O–H groups in total. The first-order chi connectivity index (χ1) is 11.3. The highest BCUT2D eigenvalue weighted by Gasteiger charge is 2.24. The van der Waals surface area contributed by atoms with Crippen LogP contribution in [0.1, 0.15) is 41.5 Å². The van der Waals surface area contributed by atoms with Gasteiger partial charge in [0.05, 0.1) is 13.2 Å². The van der Waals surface area contributed by atoms with Gasteiger partial charge in [-0.05, 0) is 53.1 Å². The Balaban J connectivity index is 1.38. The van der Waals surface area contributed by atoms with E-state index in [1.807, 2.05) is 18.2 Å². The molecule has 23 heavy (non-hydrogen) atoms. The highest BCUT2D eigenvalue weighted by Crippen LogP contribution is 2.39. The minimum absolute atomic E-state index is 0.584. The summed E-state index contributed by atoms with van der Waals surface area (Å²) >= 11 is 0. The third-order valence-corrected chi connectivity index (χ3v) is 4.49. The van der Waals surface area contributed by atoms with Crippen molar-refractivity contribution in [1.82, 2.24) is 0 Å². The van der Waals surface area contributed by atoms with Crippen LogP contribution in [0.4, 0.5) is 0 Å². The Hall–Kier alpha value is -2.06. The molecule has 0 fully saturated rings. The van der Waals surface area contributed by atoms with Crippen LogP contribution in [-0.4, -0.2) is 13.2 Å². The van der Waals surface area contributed by atoms with E-state index in [-0.39, 0.29) is 0 Å². The third kappa shape index (κ3) is 3.83. The molecule has 2 aromatic carbocycles. The summed E-state index contributed by atoms with van der Waals surface area (Å²) in [5, 5.41) is 0. The summed E-state index contributed by atoms with van der Waals surface area (Å²) in [5.41, 5.74) is 5.24. The fourth-order valence-corrected chi connectivity index (χ4v) is 3.01. The predicted molar refractivity (Wildman–Crippen MR) is 94.9 cm³/mol. The van der Waals surface area contributed by atoms with Gasteiger partial charge in [-0.2, -0.15) is 0 Å². The zero-order valence-electron chi connectivity index (χ0n) is 13.8. The minimum atomic E-state index is 0.584. The summed E-state index contributed by atoms with van der Waals surface area (Å²) in [4.78, 5) is 0. The normalized spacial score (nSPS) is 15.6. The van der Waals surface area contributed by atoms with Crippen molar-refractivity contribution in [2.24, 2.45) is 0 Å². The summed E-state index contributed by atoms with van der Waals surface area (Å²) < 4.78 is 11.4. The van der Waals surface area contributed by atoms with Crippen LogP contribution < -0.4 is 4.74 Å². The monoisotopic (exact) mass is 308 g/mol. The van der Waals surface area contributed by atoms with Crippen molar-refractivity contribution in [1.29, 1.82) is 0 Å². The van der Waals surface area contributed by atoms with Gasteiger partial charge in [0.2, 0.25) is 0 Å². The standard InChI is InChI=1S/C21H24O2/c1-3-16-5-7-17(8-6-16)15-22-11-12-23-20-9-10-21-18(4-2)13-19(21)14-20/h3,5-10,14,18H,1,4,11-13,15H2,2H3. The van der Waals surface area contributed by atoms with E-state index in [1.165, 1.54) is 29.5 Å². The van der Waals surface area contributed by atoms with Gasteiger partial charge in [-0.1, -0.05) is 49.9 Å². The molecular formula is C21H24O2. The zero-order chi connectivity index (χ0) is 16.1. The Morgan fingerprint density at radius 2 is 1.96 bits per heavy atom. The van der Waals surface area contributed by atoms with Gasteiger partial charge in [0.25, 0.3) is 0 Å². The van der Waals surface area contributed by atoms with Gasteiger partial charge in [0, 0.05) is 0 Å². The quantitative estimate of drug-likeness (QED) is 0.641. The second-order valence-corrected chi connectivity index (χ2v) is 6.02. The highest BCUT2D eigenvalue weighted by molar-refractivity contribution is 5.47. The van der Waals surface area contributed by atoms with Gasteiger partial charge in [-0.15, -0.1) is 0 Å². The van der Waals surface area contributed by atoms with Crippen LogP contribution in [0.3, 0.4) is 0 Å². The van der Waals surface area contributed by atoms with Crippen molar-refractivity contribution in [3.05, 3.63) is 71.3 Å². The van der Waals surface area contributed by atoms with Crippen molar-refractivity contribution in [3.8, 4) is 5.75 Å². The van der Waals surface area contributed by atoms with Gasteiger partial charge in [-0.3, -0.25) is 0 Å². The van der Waals surface area contributed by atoms with E-state index in [0.29, 0.717) is 19.8 Å². The molecule has 0 heterocycles. The van der Waals surface area contributed by atoms with Gasteiger partial charge in [0.15, 0.2) is 0 Å². The first-order valence-electron chi connectivity index (χ1n) is 8.35. The van der Waals surface area contributed by atoms with Crippen LogP contribution >= 0.6 is 0 Å². The molecule has 0 amide bonds. The molecule has 120 valence electrons. The largest absolute Gasteiger partial charge is 0.491 e. The maximum Gasteiger partial charge on any atom is 0.119 e. The summed E-state index contributed by atoms with van der Waals surface area (Å²) in [6.07, 6.45) is 4.27. The van der Waals surface area contributed by atoms with Crippen LogP contribution in [0.25, 0.3) is 6.08 Å². The molecule has 0 aliphatic heterocycles. The predicted octanol–water partition coefficient (Wildman–Crippen LogP) is 4.97. The van der Waals surface area contributed by atoms with Crippen LogP contribution in [0.2, 0.25) is 0 Å². The lowest BCUT2D eigenvalue weighted by Gasteiger charge is -2.29. The highest BCUT2D eigenvalue weighted by atomic mass is 16.5. The van der Waals surface area contributed by atoms with Crippen molar-refractivity contribution in [3.63, 3.8) is 0 Å². The van der Waals surface area contributed by atoms with Crippen LogP contribution in [0, 0.1) is 0 Å². The lowest BCUT2D eigenvalue weighted by molar-refractivity contribution is 0.0888. The van der Waals surface area contributed by atoms with Crippen molar-refractivity contribution >= 4 is 6.08 Å².